The second kappa shape index (κ2) is 4.82. The van der Waals surface area contributed by atoms with Crippen LogP contribution in [0.5, 0.6) is 0 Å². The molecule has 1 atom stereocenters. The third-order valence-electron chi connectivity index (χ3n) is 3.70. The molecule has 2 nitrogen and oxygen atoms in total. The van der Waals surface area contributed by atoms with Gasteiger partial charge in [-0.15, -0.1) is 0 Å². The molecule has 0 spiro atoms. The SMILES string of the molecule is C/N=C\[C@]1(c2ccccc2C)CCCCC1=O. The molecular weight excluding hydrogens is 210 g/mol. The zero-order valence-electron chi connectivity index (χ0n) is 10.6. The van der Waals surface area contributed by atoms with Crippen molar-refractivity contribution >= 4 is 12.0 Å². The Labute approximate surface area is 103 Å². The van der Waals surface area contributed by atoms with Crippen LogP contribution >= 0.6 is 0 Å². The normalized spacial score (nSPS) is 25.4. The number of hydrogen-bond acceptors (Lipinski definition) is 2. The van der Waals surface area contributed by atoms with Crippen molar-refractivity contribution in [2.24, 2.45) is 4.99 Å². The third-order valence-corrected chi connectivity index (χ3v) is 3.70. The third kappa shape index (κ3) is 2.04. The molecule has 0 aliphatic heterocycles. The van der Waals surface area contributed by atoms with Crippen LogP contribution in [0.15, 0.2) is 29.3 Å². The Kier molecular flexibility index (Phi) is 3.41. The first-order valence-corrected chi connectivity index (χ1v) is 6.23. The van der Waals surface area contributed by atoms with Gasteiger partial charge in [-0.05, 0) is 30.9 Å². The van der Waals surface area contributed by atoms with Crippen LogP contribution < -0.4 is 0 Å². The topological polar surface area (TPSA) is 29.4 Å². The van der Waals surface area contributed by atoms with Crippen molar-refractivity contribution in [2.45, 2.75) is 38.0 Å². The number of aryl methyl sites for hydroxylation is 1. The van der Waals surface area contributed by atoms with Crippen LogP contribution in [0.25, 0.3) is 0 Å². The van der Waals surface area contributed by atoms with Gasteiger partial charge in [0.15, 0.2) is 0 Å². The average molecular weight is 229 g/mol. The number of aliphatic imine (C=N–C) groups is 1. The Balaban J connectivity index is 2.55. The summed E-state index contributed by atoms with van der Waals surface area (Å²) in [5, 5.41) is 0. The van der Waals surface area contributed by atoms with E-state index in [1.54, 1.807) is 7.05 Å². The molecule has 17 heavy (non-hydrogen) atoms. The maximum absolute atomic E-state index is 12.4. The summed E-state index contributed by atoms with van der Waals surface area (Å²) < 4.78 is 0. The summed E-state index contributed by atoms with van der Waals surface area (Å²) in [6, 6.07) is 8.17. The predicted molar refractivity (Wildman–Crippen MR) is 70.7 cm³/mol. The van der Waals surface area contributed by atoms with E-state index < -0.39 is 5.41 Å². The van der Waals surface area contributed by atoms with Crippen molar-refractivity contribution in [1.29, 1.82) is 0 Å². The standard InChI is InChI=1S/C15H19NO/c1-12-7-3-4-8-13(12)15(11-16-2)10-6-5-9-14(15)17/h3-4,7-8,11H,5-6,9-10H2,1-2H3/b16-11-/t15-/m0/s1. The molecule has 0 N–H and O–H groups in total. The Hall–Kier alpha value is -1.44. The molecule has 90 valence electrons. The van der Waals surface area contributed by atoms with Gasteiger partial charge in [-0.1, -0.05) is 30.7 Å². The predicted octanol–water partition coefficient (Wildman–Crippen LogP) is 3.08. The van der Waals surface area contributed by atoms with Gasteiger partial charge in [-0.3, -0.25) is 9.79 Å². The number of carbonyl (C=O) groups is 1. The molecule has 2 heteroatoms. The van der Waals surface area contributed by atoms with Crippen molar-refractivity contribution in [1.82, 2.24) is 0 Å². The van der Waals surface area contributed by atoms with E-state index in [2.05, 4.69) is 24.0 Å². The molecule has 1 aliphatic carbocycles. The van der Waals surface area contributed by atoms with Gasteiger partial charge < -0.3 is 0 Å². The van der Waals surface area contributed by atoms with Crippen LogP contribution in [0.4, 0.5) is 0 Å². The minimum absolute atomic E-state index is 0.323. The van der Waals surface area contributed by atoms with Gasteiger partial charge in [0.25, 0.3) is 0 Å². The fourth-order valence-electron chi connectivity index (χ4n) is 2.84. The van der Waals surface area contributed by atoms with Crippen molar-refractivity contribution in [3.05, 3.63) is 35.4 Å². The molecule has 2 rings (SSSR count). The fourth-order valence-corrected chi connectivity index (χ4v) is 2.84. The van der Waals surface area contributed by atoms with E-state index in [0.717, 1.165) is 24.8 Å². The molecule has 0 saturated heterocycles. The highest BCUT2D eigenvalue weighted by molar-refractivity contribution is 6.06. The van der Waals surface area contributed by atoms with E-state index >= 15 is 0 Å². The van der Waals surface area contributed by atoms with Crippen LogP contribution in [0.1, 0.15) is 36.8 Å². The summed E-state index contributed by atoms with van der Waals surface area (Å²) in [4.78, 5) is 16.5. The monoisotopic (exact) mass is 229 g/mol. The smallest absolute Gasteiger partial charge is 0.148 e. The molecule has 0 unspecified atom stereocenters. The Morgan fingerprint density at radius 3 is 2.71 bits per heavy atom. The van der Waals surface area contributed by atoms with Crippen LogP contribution in [0.2, 0.25) is 0 Å². The highest BCUT2D eigenvalue weighted by atomic mass is 16.1. The number of benzene rings is 1. The van der Waals surface area contributed by atoms with Crippen LogP contribution in [-0.4, -0.2) is 19.0 Å². The summed E-state index contributed by atoms with van der Waals surface area (Å²) in [5.41, 5.74) is 1.86. The second-order valence-electron chi connectivity index (χ2n) is 4.80. The molecule has 0 heterocycles. The summed E-state index contributed by atoms with van der Waals surface area (Å²) >= 11 is 0. The zero-order chi connectivity index (χ0) is 12.3. The number of ketones is 1. The Morgan fingerprint density at radius 2 is 2.06 bits per heavy atom. The van der Waals surface area contributed by atoms with Crippen LogP contribution in [0, 0.1) is 6.92 Å². The van der Waals surface area contributed by atoms with Gasteiger partial charge in [0.1, 0.15) is 5.78 Å². The van der Waals surface area contributed by atoms with E-state index in [0.29, 0.717) is 12.2 Å². The van der Waals surface area contributed by atoms with Crippen molar-refractivity contribution in [2.75, 3.05) is 7.05 Å². The number of Topliss-reactive ketones (excluding diaryl/α,β-unsaturated/α-hetero) is 1. The second-order valence-corrected chi connectivity index (χ2v) is 4.80. The Morgan fingerprint density at radius 1 is 1.29 bits per heavy atom. The molecular formula is C15H19NO. The molecule has 0 radical (unpaired) electrons. The summed E-state index contributed by atoms with van der Waals surface area (Å²) in [7, 11) is 1.75. The number of rotatable bonds is 2. The first-order valence-electron chi connectivity index (χ1n) is 6.23. The summed E-state index contributed by atoms with van der Waals surface area (Å²) in [6.45, 7) is 2.07. The molecule has 0 aromatic heterocycles. The highest BCUT2D eigenvalue weighted by Gasteiger charge is 2.40. The van der Waals surface area contributed by atoms with Gasteiger partial charge >= 0.3 is 0 Å². The lowest BCUT2D eigenvalue weighted by Crippen LogP contribution is -2.40. The van der Waals surface area contributed by atoms with Crippen molar-refractivity contribution < 1.29 is 4.79 Å². The van der Waals surface area contributed by atoms with E-state index in [1.165, 1.54) is 5.56 Å². The molecule has 0 bridgehead atoms. The van der Waals surface area contributed by atoms with Crippen LogP contribution in [-0.2, 0) is 10.2 Å². The zero-order valence-corrected chi connectivity index (χ0v) is 10.6. The molecule has 1 aromatic carbocycles. The first kappa shape index (κ1) is 12.0. The average Bonchev–Trinajstić information content (AvgIpc) is 2.33. The van der Waals surface area contributed by atoms with Gasteiger partial charge in [0.2, 0.25) is 0 Å². The lowest BCUT2D eigenvalue weighted by molar-refractivity contribution is -0.123. The molecule has 1 saturated carbocycles. The van der Waals surface area contributed by atoms with E-state index in [9.17, 15) is 4.79 Å². The number of carbonyl (C=O) groups excluding carboxylic acids is 1. The van der Waals surface area contributed by atoms with Crippen LogP contribution in [0.3, 0.4) is 0 Å². The molecule has 0 amide bonds. The van der Waals surface area contributed by atoms with Crippen molar-refractivity contribution in [3.8, 4) is 0 Å². The van der Waals surface area contributed by atoms with E-state index in [-0.39, 0.29) is 0 Å². The van der Waals surface area contributed by atoms with Gasteiger partial charge in [-0.25, -0.2) is 0 Å². The first-order chi connectivity index (χ1) is 8.20. The molecule has 1 aromatic rings. The highest BCUT2D eigenvalue weighted by Crippen LogP contribution is 2.36. The quantitative estimate of drug-likeness (QED) is 0.717. The lowest BCUT2D eigenvalue weighted by Gasteiger charge is -2.33. The van der Waals surface area contributed by atoms with E-state index in [4.69, 9.17) is 0 Å². The Bertz CT molecular complexity index is 450. The lowest BCUT2D eigenvalue weighted by atomic mass is 9.68. The maximum Gasteiger partial charge on any atom is 0.148 e. The molecule has 1 aliphatic rings. The minimum Gasteiger partial charge on any atom is -0.299 e. The fraction of sp³-hybridized carbons (Fsp3) is 0.467. The maximum atomic E-state index is 12.4. The summed E-state index contributed by atoms with van der Waals surface area (Å²) in [5.74, 6) is 0.323. The van der Waals surface area contributed by atoms with Crippen molar-refractivity contribution in [3.63, 3.8) is 0 Å². The minimum atomic E-state index is -0.460. The largest absolute Gasteiger partial charge is 0.299 e. The van der Waals surface area contributed by atoms with Gasteiger partial charge in [0, 0.05) is 19.7 Å². The van der Waals surface area contributed by atoms with E-state index in [1.807, 2.05) is 18.3 Å². The molecule has 1 fully saturated rings. The number of hydrogen-bond donors (Lipinski definition) is 0. The number of nitrogens with zero attached hydrogens (tertiary/aromatic N) is 1. The van der Waals surface area contributed by atoms with Gasteiger partial charge in [0.05, 0.1) is 5.41 Å². The summed E-state index contributed by atoms with van der Waals surface area (Å²) in [6.07, 6.45) is 5.56. The van der Waals surface area contributed by atoms with Gasteiger partial charge in [-0.2, -0.15) is 0 Å².